The average Bonchev–Trinajstić information content (AvgIpc) is 3.15. The van der Waals surface area contributed by atoms with Gasteiger partial charge in [0, 0.05) is 18.2 Å². The predicted octanol–water partition coefficient (Wildman–Crippen LogP) is 3.53. The number of carbonyl (C=O) groups excluding carboxylic acids is 1. The molecule has 4 aromatic rings. The van der Waals surface area contributed by atoms with Gasteiger partial charge in [-0.1, -0.05) is 29.8 Å². The van der Waals surface area contributed by atoms with Crippen LogP contribution in [0.2, 0.25) is 0 Å². The fraction of sp³-hybridized carbons (Fsp3) is 0.217. The number of hydrogen-bond acceptors (Lipinski definition) is 4. The molecule has 2 heterocycles. The number of anilines is 1. The average molecular weight is 401 g/mol. The highest BCUT2D eigenvalue weighted by Gasteiger charge is 2.13. The first-order chi connectivity index (χ1) is 14.5. The van der Waals surface area contributed by atoms with Crippen molar-refractivity contribution in [2.45, 2.75) is 33.9 Å². The molecule has 0 radical (unpaired) electrons. The molecule has 1 amide bonds. The van der Waals surface area contributed by atoms with Crippen molar-refractivity contribution in [3.05, 3.63) is 87.5 Å². The second-order valence-corrected chi connectivity index (χ2v) is 7.27. The summed E-state index contributed by atoms with van der Waals surface area (Å²) in [6.45, 7) is 6.75. The summed E-state index contributed by atoms with van der Waals surface area (Å²) in [6.07, 6.45) is 1.66. The van der Waals surface area contributed by atoms with Crippen molar-refractivity contribution < 1.29 is 4.79 Å². The second-order valence-electron chi connectivity index (χ2n) is 7.27. The maximum absolute atomic E-state index is 12.9. The fourth-order valence-electron chi connectivity index (χ4n) is 3.57. The highest BCUT2D eigenvalue weighted by molar-refractivity contribution is 6.05. The van der Waals surface area contributed by atoms with E-state index in [-0.39, 0.29) is 11.5 Å². The number of hydrogen-bond donors (Lipinski definition) is 1. The van der Waals surface area contributed by atoms with Crippen LogP contribution in [-0.2, 0) is 13.1 Å². The van der Waals surface area contributed by atoms with Crippen LogP contribution in [0.25, 0.3) is 11.0 Å². The van der Waals surface area contributed by atoms with E-state index in [1.807, 2.05) is 32.0 Å². The third-order valence-electron chi connectivity index (χ3n) is 5.06. The molecular formula is C23H23N5O2. The molecule has 0 atom stereocenters. The summed E-state index contributed by atoms with van der Waals surface area (Å²) in [7, 11) is 0. The van der Waals surface area contributed by atoms with Gasteiger partial charge in [-0.05, 0) is 44.5 Å². The number of rotatable bonds is 5. The summed E-state index contributed by atoms with van der Waals surface area (Å²) < 4.78 is 3.42. The standard InChI is InChI=1S/C23H23N5O2/c1-4-27-20-9-8-18(13-19(20)25-16(3)23(27)30)22(29)26-21-10-11-24-28(21)14-17-7-5-6-15(2)12-17/h5-13H,4,14H2,1-3H3,(H,26,29). The van der Waals surface area contributed by atoms with E-state index in [0.717, 1.165) is 5.56 Å². The molecule has 0 aliphatic heterocycles. The van der Waals surface area contributed by atoms with Crippen molar-refractivity contribution in [2.75, 3.05) is 5.32 Å². The monoisotopic (exact) mass is 401 g/mol. The zero-order valence-electron chi connectivity index (χ0n) is 17.2. The second kappa shape index (κ2) is 7.94. The Morgan fingerprint density at radius 3 is 2.70 bits per heavy atom. The summed E-state index contributed by atoms with van der Waals surface area (Å²) in [5.74, 6) is 0.362. The third-order valence-corrected chi connectivity index (χ3v) is 5.06. The molecule has 0 unspecified atom stereocenters. The van der Waals surface area contributed by atoms with Gasteiger partial charge in [-0.25, -0.2) is 9.67 Å². The Bertz CT molecular complexity index is 1300. The summed E-state index contributed by atoms with van der Waals surface area (Å²) in [4.78, 5) is 29.5. The highest BCUT2D eigenvalue weighted by Crippen LogP contribution is 2.16. The lowest BCUT2D eigenvalue weighted by atomic mass is 10.1. The van der Waals surface area contributed by atoms with Crippen LogP contribution < -0.4 is 10.9 Å². The van der Waals surface area contributed by atoms with Crippen LogP contribution in [-0.4, -0.2) is 25.2 Å². The lowest BCUT2D eigenvalue weighted by molar-refractivity contribution is 0.102. The molecule has 2 aromatic carbocycles. The zero-order chi connectivity index (χ0) is 21.3. The molecule has 0 spiro atoms. The van der Waals surface area contributed by atoms with Gasteiger partial charge < -0.3 is 9.88 Å². The Hall–Kier alpha value is -3.74. The molecular weight excluding hydrogens is 378 g/mol. The Labute approximate surface area is 174 Å². The maximum Gasteiger partial charge on any atom is 0.272 e. The molecule has 0 aliphatic rings. The van der Waals surface area contributed by atoms with Gasteiger partial charge in [-0.3, -0.25) is 9.59 Å². The molecule has 7 nitrogen and oxygen atoms in total. The van der Waals surface area contributed by atoms with Crippen molar-refractivity contribution in [1.29, 1.82) is 0 Å². The molecule has 1 N–H and O–H groups in total. The Morgan fingerprint density at radius 1 is 1.10 bits per heavy atom. The summed E-state index contributed by atoms with van der Waals surface area (Å²) in [5.41, 5.74) is 4.40. The summed E-state index contributed by atoms with van der Waals surface area (Å²) in [6, 6.07) is 15.1. The third kappa shape index (κ3) is 3.74. The molecule has 0 bridgehead atoms. The number of nitrogens with one attached hydrogen (secondary N) is 1. The summed E-state index contributed by atoms with van der Waals surface area (Å²) >= 11 is 0. The fourth-order valence-corrected chi connectivity index (χ4v) is 3.57. The largest absolute Gasteiger partial charge is 0.307 e. The van der Waals surface area contributed by atoms with E-state index in [4.69, 9.17) is 0 Å². The number of aryl methyl sites for hydroxylation is 3. The zero-order valence-corrected chi connectivity index (χ0v) is 17.2. The lowest BCUT2D eigenvalue weighted by Crippen LogP contribution is -2.23. The van der Waals surface area contributed by atoms with Crippen molar-refractivity contribution in [2.24, 2.45) is 0 Å². The van der Waals surface area contributed by atoms with E-state index in [1.54, 1.807) is 46.6 Å². The van der Waals surface area contributed by atoms with Crippen LogP contribution in [0.3, 0.4) is 0 Å². The topological polar surface area (TPSA) is 81.8 Å². The minimum Gasteiger partial charge on any atom is -0.307 e. The van der Waals surface area contributed by atoms with Crippen LogP contribution in [0.4, 0.5) is 5.82 Å². The molecule has 0 fully saturated rings. The number of nitrogens with zero attached hydrogens (tertiary/aromatic N) is 4. The first kappa shape index (κ1) is 19.6. The number of amides is 1. The minimum absolute atomic E-state index is 0.109. The van der Waals surface area contributed by atoms with E-state index in [2.05, 4.69) is 21.5 Å². The first-order valence-electron chi connectivity index (χ1n) is 9.86. The van der Waals surface area contributed by atoms with E-state index >= 15 is 0 Å². The number of fused-ring (bicyclic) bond motifs is 1. The molecule has 7 heteroatoms. The Kier molecular flexibility index (Phi) is 5.18. The molecule has 0 saturated carbocycles. The van der Waals surface area contributed by atoms with Crippen LogP contribution in [0.15, 0.2) is 59.5 Å². The molecule has 152 valence electrons. The van der Waals surface area contributed by atoms with Crippen molar-refractivity contribution in [3.63, 3.8) is 0 Å². The van der Waals surface area contributed by atoms with E-state index < -0.39 is 0 Å². The Balaban J connectivity index is 1.61. The first-order valence-corrected chi connectivity index (χ1v) is 9.86. The van der Waals surface area contributed by atoms with Crippen molar-refractivity contribution in [3.8, 4) is 0 Å². The van der Waals surface area contributed by atoms with E-state index in [0.29, 0.717) is 41.2 Å². The molecule has 0 saturated heterocycles. The van der Waals surface area contributed by atoms with E-state index in [9.17, 15) is 9.59 Å². The van der Waals surface area contributed by atoms with Crippen LogP contribution in [0, 0.1) is 13.8 Å². The van der Waals surface area contributed by atoms with Gasteiger partial charge in [-0.15, -0.1) is 0 Å². The Morgan fingerprint density at radius 2 is 1.93 bits per heavy atom. The van der Waals surface area contributed by atoms with Gasteiger partial charge in [0.15, 0.2) is 0 Å². The van der Waals surface area contributed by atoms with Gasteiger partial charge in [-0.2, -0.15) is 5.10 Å². The van der Waals surface area contributed by atoms with Gasteiger partial charge in [0.25, 0.3) is 11.5 Å². The SMILES string of the molecule is CCn1c(=O)c(C)nc2cc(C(=O)Nc3ccnn3Cc3cccc(C)c3)ccc21. The number of benzene rings is 2. The van der Waals surface area contributed by atoms with Crippen molar-refractivity contribution in [1.82, 2.24) is 19.3 Å². The quantitative estimate of drug-likeness (QED) is 0.555. The van der Waals surface area contributed by atoms with E-state index in [1.165, 1.54) is 5.56 Å². The van der Waals surface area contributed by atoms with Gasteiger partial charge >= 0.3 is 0 Å². The summed E-state index contributed by atoms with van der Waals surface area (Å²) in [5, 5.41) is 7.26. The van der Waals surface area contributed by atoms with Crippen LogP contribution in [0.5, 0.6) is 0 Å². The van der Waals surface area contributed by atoms with Gasteiger partial charge in [0.1, 0.15) is 11.5 Å². The van der Waals surface area contributed by atoms with Gasteiger partial charge in [0.2, 0.25) is 0 Å². The lowest BCUT2D eigenvalue weighted by Gasteiger charge is -2.12. The van der Waals surface area contributed by atoms with Crippen LogP contribution in [0.1, 0.15) is 34.1 Å². The number of aromatic nitrogens is 4. The van der Waals surface area contributed by atoms with Crippen LogP contribution >= 0.6 is 0 Å². The normalized spacial score (nSPS) is 11.0. The molecule has 30 heavy (non-hydrogen) atoms. The minimum atomic E-state index is -0.253. The molecule has 2 aromatic heterocycles. The molecule has 0 aliphatic carbocycles. The highest BCUT2D eigenvalue weighted by atomic mass is 16.1. The van der Waals surface area contributed by atoms with Gasteiger partial charge in [0.05, 0.1) is 23.8 Å². The van der Waals surface area contributed by atoms with Crippen molar-refractivity contribution >= 4 is 22.8 Å². The molecule has 4 rings (SSSR count). The predicted molar refractivity (Wildman–Crippen MR) is 117 cm³/mol. The number of carbonyl (C=O) groups is 1. The smallest absolute Gasteiger partial charge is 0.272 e. The maximum atomic E-state index is 12.9.